The first-order chi connectivity index (χ1) is 9.04. The van der Waals surface area contributed by atoms with Crippen molar-refractivity contribution in [3.8, 4) is 0 Å². The molecule has 0 bridgehead atoms. The van der Waals surface area contributed by atoms with Crippen LogP contribution in [0.5, 0.6) is 0 Å². The molecule has 1 nitrogen and oxygen atoms in total. The lowest BCUT2D eigenvalue weighted by molar-refractivity contribution is 0.575. The lowest BCUT2D eigenvalue weighted by atomic mass is 10.1. The van der Waals surface area contributed by atoms with Gasteiger partial charge in [0, 0.05) is 27.7 Å². The van der Waals surface area contributed by atoms with E-state index < -0.39 is 0 Å². The zero-order chi connectivity index (χ0) is 13.8. The smallest absolute Gasteiger partial charge is 0.0424 e. The molecule has 0 aliphatic heterocycles. The van der Waals surface area contributed by atoms with Crippen molar-refractivity contribution in [2.45, 2.75) is 19.5 Å². The predicted octanol–water partition coefficient (Wildman–Crippen LogP) is 5.50. The molecule has 2 rings (SSSR count). The van der Waals surface area contributed by atoms with Crippen LogP contribution in [0.4, 0.5) is 0 Å². The minimum absolute atomic E-state index is 0.205. The summed E-state index contributed by atoms with van der Waals surface area (Å²) in [7, 11) is 0. The van der Waals surface area contributed by atoms with Gasteiger partial charge in [0.15, 0.2) is 0 Å². The van der Waals surface area contributed by atoms with E-state index in [0.29, 0.717) is 16.6 Å². The largest absolute Gasteiger partial charge is 0.306 e. The molecule has 0 heterocycles. The highest BCUT2D eigenvalue weighted by atomic mass is 35.5. The van der Waals surface area contributed by atoms with Crippen LogP contribution in [0.25, 0.3) is 0 Å². The molecule has 4 heteroatoms. The number of rotatable bonds is 4. The van der Waals surface area contributed by atoms with Crippen molar-refractivity contribution in [2.75, 3.05) is 0 Å². The Morgan fingerprint density at radius 2 is 1.63 bits per heavy atom. The SMILES string of the molecule is C[C@H](NCc1cc(Cl)cc(Cl)c1)c1cccc(Cl)c1. The number of benzene rings is 2. The Morgan fingerprint density at radius 1 is 0.947 bits per heavy atom. The molecule has 0 amide bonds. The maximum Gasteiger partial charge on any atom is 0.0424 e. The zero-order valence-corrected chi connectivity index (χ0v) is 12.7. The fourth-order valence-electron chi connectivity index (χ4n) is 1.88. The third-order valence-corrected chi connectivity index (χ3v) is 3.55. The van der Waals surface area contributed by atoms with Crippen LogP contribution in [0.2, 0.25) is 15.1 Å². The lowest BCUT2D eigenvalue weighted by Gasteiger charge is -2.15. The minimum Gasteiger partial charge on any atom is -0.306 e. The van der Waals surface area contributed by atoms with E-state index in [1.165, 1.54) is 0 Å². The number of nitrogens with one attached hydrogen (secondary N) is 1. The summed E-state index contributed by atoms with van der Waals surface area (Å²) in [6, 6.07) is 13.6. The molecule has 0 spiro atoms. The molecule has 1 N–H and O–H groups in total. The van der Waals surface area contributed by atoms with Gasteiger partial charge >= 0.3 is 0 Å². The summed E-state index contributed by atoms with van der Waals surface area (Å²) in [5.41, 5.74) is 2.21. The summed E-state index contributed by atoms with van der Waals surface area (Å²) >= 11 is 17.9. The molecule has 1 atom stereocenters. The molecule has 19 heavy (non-hydrogen) atoms. The van der Waals surface area contributed by atoms with Crippen molar-refractivity contribution in [2.24, 2.45) is 0 Å². The van der Waals surface area contributed by atoms with E-state index in [2.05, 4.69) is 18.3 Å². The molecule has 0 radical (unpaired) electrons. The van der Waals surface area contributed by atoms with E-state index in [9.17, 15) is 0 Å². The monoisotopic (exact) mass is 313 g/mol. The average molecular weight is 315 g/mol. The van der Waals surface area contributed by atoms with E-state index in [0.717, 1.165) is 16.1 Å². The lowest BCUT2D eigenvalue weighted by Crippen LogP contribution is -2.18. The highest BCUT2D eigenvalue weighted by molar-refractivity contribution is 6.34. The van der Waals surface area contributed by atoms with Crippen molar-refractivity contribution in [3.05, 3.63) is 68.7 Å². The van der Waals surface area contributed by atoms with Crippen LogP contribution in [0.3, 0.4) is 0 Å². The maximum atomic E-state index is 5.98. The van der Waals surface area contributed by atoms with Crippen molar-refractivity contribution in [1.29, 1.82) is 0 Å². The molecule has 0 saturated heterocycles. The topological polar surface area (TPSA) is 12.0 Å². The molecule has 0 unspecified atom stereocenters. The van der Waals surface area contributed by atoms with Crippen LogP contribution in [-0.2, 0) is 6.54 Å². The zero-order valence-electron chi connectivity index (χ0n) is 10.5. The van der Waals surface area contributed by atoms with Gasteiger partial charge in [0.25, 0.3) is 0 Å². The highest BCUT2D eigenvalue weighted by Gasteiger charge is 2.06. The van der Waals surface area contributed by atoms with Crippen molar-refractivity contribution in [1.82, 2.24) is 5.32 Å². The Bertz CT molecular complexity index is 549. The van der Waals surface area contributed by atoms with Crippen molar-refractivity contribution < 1.29 is 0 Å². The van der Waals surface area contributed by atoms with Gasteiger partial charge in [-0.1, -0.05) is 46.9 Å². The van der Waals surface area contributed by atoms with Crippen LogP contribution >= 0.6 is 34.8 Å². The van der Waals surface area contributed by atoms with Crippen molar-refractivity contribution >= 4 is 34.8 Å². The van der Waals surface area contributed by atoms with E-state index in [-0.39, 0.29) is 6.04 Å². The summed E-state index contributed by atoms with van der Waals surface area (Å²) in [6.45, 7) is 2.80. The standard InChI is InChI=1S/C15H14Cl3N/c1-10(12-3-2-4-13(16)7-12)19-9-11-5-14(17)8-15(18)6-11/h2-8,10,19H,9H2,1H3/t10-/m0/s1. The Balaban J connectivity index is 2.02. The van der Waals surface area contributed by atoms with Crippen LogP contribution < -0.4 is 5.32 Å². The molecule has 0 saturated carbocycles. The normalized spacial score (nSPS) is 12.4. The van der Waals surface area contributed by atoms with Gasteiger partial charge in [0.1, 0.15) is 0 Å². The van der Waals surface area contributed by atoms with Gasteiger partial charge < -0.3 is 5.32 Å². The first kappa shape index (κ1) is 14.7. The molecule has 0 fully saturated rings. The van der Waals surface area contributed by atoms with Crippen LogP contribution in [0.15, 0.2) is 42.5 Å². The molecule has 0 aliphatic carbocycles. The second-order valence-electron chi connectivity index (χ2n) is 4.44. The van der Waals surface area contributed by atoms with Gasteiger partial charge in [-0.05, 0) is 48.4 Å². The molecule has 0 aliphatic rings. The number of halogens is 3. The summed E-state index contributed by atoms with van der Waals surface area (Å²) in [5.74, 6) is 0. The average Bonchev–Trinajstić information content (AvgIpc) is 2.35. The first-order valence-electron chi connectivity index (χ1n) is 5.98. The highest BCUT2D eigenvalue weighted by Crippen LogP contribution is 2.21. The Labute approximate surface area is 128 Å². The second-order valence-corrected chi connectivity index (χ2v) is 5.74. The van der Waals surface area contributed by atoms with E-state index in [4.69, 9.17) is 34.8 Å². The number of hydrogen-bond acceptors (Lipinski definition) is 1. The minimum atomic E-state index is 0.205. The van der Waals surface area contributed by atoms with Gasteiger partial charge in [-0.2, -0.15) is 0 Å². The maximum absolute atomic E-state index is 5.98. The Kier molecular flexibility index (Phi) is 5.12. The van der Waals surface area contributed by atoms with E-state index in [1.54, 1.807) is 6.07 Å². The third-order valence-electron chi connectivity index (χ3n) is 2.88. The molecule has 2 aromatic carbocycles. The van der Waals surface area contributed by atoms with Gasteiger partial charge in [-0.25, -0.2) is 0 Å². The van der Waals surface area contributed by atoms with Gasteiger partial charge in [0.05, 0.1) is 0 Å². The quantitative estimate of drug-likeness (QED) is 0.786. The molecular weight excluding hydrogens is 301 g/mol. The predicted molar refractivity (Wildman–Crippen MR) is 83.2 cm³/mol. The summed E-state index contributed by atoms with van der Waals surface area (Å²) in [5, 5.41) is 5.47. The van der Waals surface area contributed by atoms with Crippen molar-refractivity contribution in [3.63, 3.8) is 0 Å². The Morgan fingerprint density at radius 3 is 2.26 bits per heavy atom. The fraction of sp³-hybridized carbons (Fsp3) is 0.200. The van der Waals surface area contributed by atoms with Crippen LogP contribution in [0, 0.1) is 0 Å². The molecular formula is C15H14Cl3N. The van der Waals surface area contributed by atoms with Gasteiger partial charge in [-0.15, -0.1) is 0 Å². The summed E-state index contributed by atoms with van der Waals surface area (Å²) in [6.07, 6.45) is 0. The Hall–Kier alpha value is -0.730. The van der Waals surface area contributed by atoms with Crippen LogP contribution in [-0.4, -0.2) is 0 Å². The summed E-state index contributed by atoms with van der Waals surface area (Å²) in [4.78, 5) is 0. The number of hydrogen-bond donors (Lipinski definition) is 1. The molecule has 2 aromatic rings. The molecule has 0 aromatic heterocycles. The van der Waals surface area contributed by atoms with E-state index in [1.807, 2.05) is 30.3 Å². The summed E-state index contributed by atoms with van der Waals surface area (Å²) < 4.78 is 0. The van der Waals surface area contributed by atoms with Crippen LogP contribution in [0.1, 0.15) is 24.1 Å². The fourth-order valence-corrected chi connectivity index (χ4v) is 2.65. The first-order valence-corrected chi connectivity index (χ1v) is 7.12. The van der Waals surface area contributed by atoms with Gasteiger partial charge in [0.2, 0.25) is 0 Å². The van der Waals surface area contributed by atoms with E-state index >= 15 is 0 Å². The molecule has 100 valence electrons. The second kappa shape index (κ2) is 6.62. The third kappa shape index (κ3) is 4.39. The van der Waals surface area contributed by atoms with Gasteiger partial charge in [-0.3, -0.25) is 0 Å².